The molecule has 1 aromatic rings. The Morgan fingerprint density at radius 1 is 1.77 bits per heavy atom. The molecular weight excluding hydrogens is 172 g/mol. The minimum atomic E-state index is -0.148. The van der Waals surface area contributed by atoms with Gasteiger partial charge in [0.15, 0.2) is 0 Å². The van der Waals surface area contributed by atoms with Gasteiger partial charge in [-0.1, -0.05) is 0 Å². The summed E-state index contributed by atoms with van der Waals surface area (Å²) in [5.41, 5.74) is 5.33. The van der Waals surface area contributed by atoms with E-state index in [4.69, 9.17) is 5.73 Å². The fraction of sp³-hybridized carbons (Fsp3) is 0.667. The second-order valence-electron chi connectivity index (χ2n) is 2.71. The van der Waals surface area contributed by atoms with Gasteiger partial charge in [-0.2, -0.15) is 0 Å². The number of nitrogens with zero attached hydrogens (tertiary/aromatic N) is 4. The van der Waals surface area contributed by atoms with Crippen molar-refractivity contribution in [1.29, 1.82) is 0 Å². The topological polar surface area (TPSA) is 98.7 Å². The number of carbonyl (C=O) groups is 1. The zero-order chi connectivity index (χ0) is 9.68. The SMILES string of the molecule is C[C@H](CN)NC(=O)Cn1cnnn1. The first-order valence-corrected chi connectivity index (χ1v) is 3.92. The first kappa shape index (κ1) is 9.59. The van der Waals surface area contributed by atoms with Crippen LogP contribution in [-0.4, -0.2) is 38.7 Å². The molecule has 0 bridgehead atoms. The Bertz CT molecular complexity index is 258. The number of nitrogens with two attached hydrogens (primary N) is 1. The van der Waals surface area contributed by atoms with Gasteiger partial charge in [0.05, 0.1) is 0 Å². The lowest BCUT2D eigenvalue weighted by Crippen LogP contribution is -2.39. The molecule has 0 aliphatic heterocycles. The van der Waals surface area contributed by atoms with E-state index in [2.05, 4.69) is 20.8 Å². The largest absolute Gasteiger partial charge is 0.351 e. The minimum absolute atomic E-state index is 0.0241. The van der Waals surface area contributed by atoms with E-state index in [9.17, 15) is 4.79 Å². The maximum Gasteiger partial charge on any atom is 0.242 e. The monoisotopic (exact) mass is 184 g/mol. The van der Waals surface area contributed by atoms with Crippen LogP contribution in [-0.2, 0) is 11.3 Å². The van der Waals surface area contributed by atoms with Crippen molar-refractivity contribution < 1.29 is 4.79 Å². The van der Waals surface area contributed by atoms with E-state index in [1.54, 1.807) is 0 Å². The third-order valence-corrected chi connectivity index (χ3v) is 1.46. The molecule has 0 aromatic carbocycles. The highest BCUT2D eigenvalue weighted by atomic mass is 16.2. The molecule has 72 valence electrons. The fourth-order valence-electron chi connectivity index (χ4n) is 0.779. The number of rotatable bonds is 4. The molecule has 1 heterocycles. The Balaban J connectivity index is 2.34. The van der Waals surface area contributed by atoms with Crippen LogP contribution in [0.5, 0.6) is 0 Å². The first-order valence-electron chi connectivity index (χ1n) is 3.92. The van der Waals surface area contributed by atoms with Crippen molar-refractivity contribution in [2.75, 3.05) is 6.54 Å². The molecule has 7 nitrogen and oxygen atoms in total. The average Bonchev–Trinajstić information content (AvgIpc) is 2.56. The zero-order valence-electron chi connectivity index (χ0n) is 7.34. The quantitative estimate of drug-likeness (QED) is 0.571. The maximum atomic E-state index is 11.2. The van der Waals surface area contributed by atoms with Gasteiger partial charge in [-0.15, -0.1) is 5.10 Å². The number of hydrogen-bond acceptors (Lipinski definition) is 5. The average molecular weight is 184 g/mol. The Kier molecular flexibility index (Phi) is 3.32. The van der Waals surface area contributed by atoms with Gasteiger partial charge in [-0.05, 0) is 17.4 Å². The van der Waals surface area contributed by atoms with Gasteiger partial charge < -0.3 is 11.1 Å². The van der Waals surface area contributed by atoms with Crippen LogP contribution in [0, 0.1) is 0 Å². The van der Waals surface area contributed by atoms with Crippen molar-refractivity contribution in [3.8, 4) is 0 Å². The summed E-state index contributed by atoms with van der Waals surface area (Å²) in [6, 6.07) is -0.0241. The highest BCUT2D eigenvalue weighted by molar-refractivity contribution is 5.75. The molecule has 0 spiro atoms. The lowest BCUT2D eigenvalue weighted by Gasteiger charge is -2.10. The third-order valence-electron chi connectivity index (χ3n) is 1.46. The van der Waals surface area contributed by atoms with E-state index < -0.39 is 0 Å². The second-order valence-corrected chi connectivity index (χ2v) is 2.71. The van der Waals surface area contributed by atoms with E-state index in [1.165, 1.54) is 11.0 Å². The molecule has 0 radical (unpaired) electrons. The number of nitrogens with one attached hydrogen (secondary N) is 1. The number of carbonyl (C=O) groups excluding carboxylic acids is 1. The van der Waals surface area contributed by atoms with Gasteiger partial charge >= 0.3 is 0 Å². The number of amides is 1. The van der Waals surface area contributed by atoms with Crippen LogP contribution < -0.4 is 11.1 Å². The highest BCUT2D eigenvalue weighted by Crippen LogP contribution is 1.81. The summed E-state index contributed by atoms with van der Waals surface area (Å²) in [5.74, 6) is -0.148. The van der Waals surface area contributed by atoms with Crippen LogP contribution in [0.25, 0.3) is 0 Å². The number of aromatic nitrogens is 4. The predicted octanol–water partition coefficient (Wildman–Crippen LogP) is -1.86. The van der Waals surface area contributed by atoms with Crippen LogP contribution >= 0.6 is 0 Å². The van der Waals surface area contributed by atoms with Crippen molar-refractivity contribution in [3.05, 3.63) is 6.33 Å². The fourth-order valence-corrected chi connectivity index (χ4v) is 0.779. The molecule has 0 fully saturated rings. The Labute approximate surface area is 75.3 Å². The molecule has 0 aliphatic carbocycles. The Morgan fingerprint density at radius 2 is 2.54 bits per heavy atom. The molecule has 7 heteroatoms. The van der Waals surface area contributed by atoms with Crippen molar-refractivity contribution >= 4 is 5.91 Å². The smallest absolute Gasteiger partial charge is 0.242 e. The molecule has 0 aliphatic rings. The summed E-state index contributed by atoms with van der Waals surface area (Å²) in [6.07, 6.45) is 1.38. The number of tetrazole rings is 1. The van der Waals surface area contributed by atoms with Crippen LogP contribution in [0.3, 0.4) is 0 Å². The van der Waals surface area contributed by atoms with E-state index in [-0.39, 0.29) is 18.5 Å². The summed E-state index contributed by atoms with van der Waals surface area (Å²) in [6.45, 7) is 2.37. The molecule has 1 aromatic heterocycles. The molecule has 0 saturated carbocycles. The zero-order valence-corrected chi connectivity index (χ0v) is 7.34. The van der Waals surface area contributed by atoms with E-state index >= 15 is 0 Å². The molecule has 0 unspecified atom stereocenters. The molecule has 1 rings (SSSR count). The van der Waals surface area contributed by atoms with Gasteiger partial charge in [-0.3, -0.25) is 4.79 Å². The van der Waals surface area contributed by atoms with Crippen LogP contribution in [0.1, 0.15) is 6.92 Å². The van der Waals surface area contributed by atoms with Gasteiger partial charge in [0.25, 0.3) is 0 Å². The van der Waals surface area contributed by atoms with Crippen molar-refractivity contribution in [3.63, 3.8) is 0 Å². The van der Waals surface area contributed by atoms with E-state index in [0.717, 1.165) is 0 Å². The van der Waals surface area contributed by atoms with Crippen LogP contribution in [0.15, 0.2) is 6.33 Å². The Hall–Kier alpha value is -1.50. The second kappa shape index (κ2) is 4.51. The lowest BCUT2D eigenvalue weighted by molar-refractivity contribution is -0.122. The normalized spacial score (nSPS) is 12.5. The van der Waals surface area contributed by atoms with Crippen molar-refractivity contribution in [2.24, 2.45) is 5.73 Å². The molecule has 13 heavy (non-hydrogen) atoms. The summed E-state index contributed by atoms with van der Waals surface area (Å²) in [7, 11) is 0. The molecule has 1 atom stereocenters. The molecular formula is C6H12N6O. The van der Waals surface area contributed by atoms with Crippen LogP contribution in [0.4, 0.5) is 0 Å². The summed E-state index contributed by atoms with van der Waals surface area (Å²) >= 11 is 0. The predicted molar refractivity (Wildman–Crippen MR) is 44.5 cm³/mol. The standard InChI is InChI=1S/C6H12N6O/c1-5(2-7)9-6(13)3-12-4-8-10-11-12/h4-5H,2-3,7H2,1H3,(H,9,13)/t5-/m1/s1. The van der Waals surface area contributed by atoms with Crippen molar-refractivity contribution in [2.45, 2.75) is 19.5 Å². The van der Waals surface area contributed by atoms with Crippen molar-refractivity contribution in [1.82, 2.24) is 25.5 Å². The highest BCUT2D eigenvalue weighted by Gasteiger charge is 2.06. The lowest BCUT2D eigenvalue weighted by atomic mass is 10.3. The van der Waals surface area contributed by atoms with Gasteiger partial charge in [0.2, 0.25) is 5.91 Å². The van der Waals surface area contributed by atoms with Gasteiger partial charge in [-0.25, -0.2) is 4.68 Å². The summed E-state index contributed by atoms with van der Waals surface area (Å²) in [4.78, 5) is 11.2. The molecule has 3 N–H and O–H groups in total. The van der Waals surface area contributed by atoms with Gasteiger partial charge in [0, 0.05) is 12.6 Å². The van der Waals surface area contributed by atoms with E-state index in [1.807, 2.05) is 6.92 Å². The van der Waals surface area contributed by atoms with Gasteiger partial charge in [0.1, 0.15) is 12.9 Å². The van der Waals surface area contributed by atoms with Crippen LogP contribution in [0.2, 0.25) is 0 Å². The first-order chi connectivity index (χ1) is 6.22. The third kappa shape index (κ3) is 3.16. The summed E-state index contributed by atoms with van der Waals surface area (Å²) in [5, 5.41) is 13.0. The van der Waals surface area contributed by atoms with E-state index in [0.29, 0.717) is 6.54 Å². The molecule has 1 amide bonds. The Morgan fingerprint density at radius 3 is 3.08 bits per heavy atom. The summed E-state index contributed by atoms with van der Waals surface area (Å²) < 4.78 is 1.35. The maximum absolute atomic E-state index is 11.2. The molecule has 0 saturated heterocycles. The minimum Gasteiger partial charge on any atom is -0.351 e. The number of hydrogen-bond donors (Lipinski definition) is 2.